The average molecular weight is 204 g/mol. The van der Waals surface area contributed by atoms with Gasteiger partial charge in [0.2, 0.25) is 0 Å². The summed E-state index contributed by atoms with van der Waals surface area (Å²) in [5, 5.41) is 0. The average Bonchev–Trinajstić information content (AvgIpc) is 2.58. The minimum atomic E-state index is 0. The number of quaternary nitrogens is 1. The van der Waals surface area contributed by atoms with Crippen molar-refractivity contribution in [2.75, 3.05) is 12.8 Å². The predicted octanol–water partition coefficient (Wildman–Crippen LogP) is -2.25. The summed E-state index contributed by atoms with van der Waals surface area (Å²) in [4.78, 5) is 6.65. The Hall–Kier alpha value is -0.140. The lowest BCUT2D eigenvalue weighted by Crippen LogP contribution is -3.00. The first-order valence-electron chi connectivity index (χ1n) is 3.76. The minimum absolute atomic E-state index is 0. The second-order valence-electron chi connectivity index (χ2n) is 2.47. The first-order chi connectivity index (χ1) is 5.47. The van der Waals surface area contributed by atoms with Crippen LogP contribution >= 0.6 is 8.73 Å². The summed E-state index contributed by atoms with van der Waals surface area (Å²) in [5.41, 5.74) is 1.25. The smallest absolute Gasteiger partial charge is 0.164 e. The molecule has 1 aliphatic rings. The molecule has 12 heavy (non-hydrogen) atoms. The van der Waals surface area contributed by atoms with Crippen LogP contribution in [0.15, 0.2) is 30.3 Å². The maximum Gasteiger partial charge on any atom is 0.164 e. The van der Waals surface area contributed by atoms with E-state index in [4.69, 9.17) is 4.84 Å². The van der Waals surface area contributed by atoms with Crippen LogP contribution in [0.25, 0.3) is 0 Å². The van der Waals surface area contributed by atoms with E-state index in [2.05, 4.69) is 24.3 Å². The maximum absolute atomic E-state index is 5.47. The second-order valence-corrected chi connectivity index (χ2v) is 3.78. The van der Waals surface area contributed by atoms with Gasteiger partial charge in [-0.25, -0.2) is 0 Å². The van der Waals surface area contributed by atoms with Crippen LogP contribution in [0.5, 0.6) is 0 Å². The van der Waals surface area contributed by atoms with Gasteiger partial charge in [0, 0.05) is 18.3 Å². The molecular formula is C8H11ClNOP. The number of hydrogen-bond acceptors (Lipinski definition) is 1. The van der Waals surface area contributed by atoms with Crippen molar-refractivity contribution >= 4 is 14.4 Å². The van der Waals surface area contributed by atoms with Crippen LogP contribution in [0.2, 0.25) is 0 Å². The van der Waals surface area contributed by atoms with Crippen molar-refractivity contribution in [1.29, 1.82) is 0 Å². The largest absolute Gasteiger partial charge is 1.00 e. The lowest BCUT2D eigenvalue weighted by Gasteiger charge is -2.06. The molecule has 2 unspecified atom stereocenters. The SMILES string of the molecule is [Cl-].c1ccc([NH+]2OCCP2)cc1. The highest BCUT2D eigenvalue weighted by Gasteiger charge is 2.19. The van der Waals surface area contributed by atoms with E-state index in [9.17, 15) is 0 Å². The Labute approximate surface area is 80.1 Å². The van der Waals surface area contributed by atoms with Gasteiger partial charge in [-0.2, -0.15) is 4.84 Å². The first-order valence-corrected chi connectivity index (χ1v) is 4.96. The topological polar surface area (TPSA) is 13.7 Å². The Balaban J connectivity index is 0.000000720. The lowest BCUT2D eigenvalue weighted by molar-refractivity contribution is -0.919. The van der Waals surface area contributed by atoms with Crippen molar-refractivity contribution in [1.82, 2.24) is 0 Å². The summed E-state index contributed by atoms with van der Waals surface area (Å²) in [6.45, 7) is 0.905. The molecule has 2 atom stereocenters. The van der Waals surface area contributed by atoms with E-state index < -0.39 is 0 Å². The van der Waals surface area contributed by atoms with Crippen LogP contribution in [0.4, 0.5) is 5.69 Å². The molecule has 0 aromatic heterocycles. The van der Waals surface area contributed by atoms with Crippen molar-refractivity contribution in [3.63, 3.8) is 0 Å². The van der Waals surface area contributed by atoms with Gasteiger partial charge in [-0.15, -0.1) is 4.83 Å². The molecule has 0 saturated carbocycles. The molecule has 4 heteroatoms. The normalized spacial score (nSPS) is 23.8. The second kappa shape index (κ2) is 4.78. The number of nitrogens with one attached hydrogen (secondary N) is 1. The highest BCUT2D eigenvalue weighted by Crippen LogP contribution is 2.10. The lowest BCUT2D eigenvalue weighted by atomic mass is 10.3. The Bertz CT molecular complexity index is 226. The van der Waals surface area contributed by atoms with Crippen LogP contribution in [0.3, 0.4) is 0 Å². The van der Waals surface area contributed by atoms with Crippen molar-refractivity contribution in [3.05, 3.63) is 30.3 Å². The molecule has 1 saturated heterocycles. The fraction of sp³-hybridized carbons (Fsp3) is 0.250. The molecule has 0 aliphatic carbocycles. The van der Waals surface area contributed by atoms with E-state index in [0.29, 0.717) is 0 Å². The molecule has 0 spiro atoms. The summed E-state index contributed by atoms with van der Waals surface area (Å²) < 4.78 is 0. The number of rotatable bonds is 1. The quantitative estimate of drug-likeness (QED) is 0.509. The van der Waals surface area contributed by atoms with Gasteiger partial charge in [-0.1, -0.05) is 18.2 Å². The van der Waals surface area contributed by atoms with Gasteiger partial charge in [-0.05, 0) is 0 Å². The van der Waals surface area contributed by atoms with Crippen LogP contribution in [-0.2, 0) is 4.84 Å². The van der Waals surface area contributed by atoms with Crippen LogP contribution < -0.4 is 17.2 Å². The van der Waals surface area contributed by atoms with Gasteiger partial charge in [0.15, 0.2) is 5.69 Å². The van der Waals surface area contributed by atoms with E-state index in [1.807, 2.05) is 6.07 Å². The molecule has 1 N–H and O–H groups in total. The molecule has 1 heterocycles. The van der Waals surface area contributed by atoms with Gasteiger partial charge in [0.1, 0.15) is 15.3 Å². The number of benzene rings is 1. The summed E-state index contributed by atoms with van der Waals surface area (Å²) >= 11 is 0. The Morgan fingerprint density at radius 2 is 2.00 bits per heavy atom. The van der Waals surface area contributed by atoms with Gasteiger partial charge in [0.25, 0.3) is 0 Å². The van der Waals surface area contributed by atoms with E-state index >= 15 is 0 Å². The molecule has 0 bridgehead atoms. The summed E-state index contributed by atoms with van der Waals surface area (Å²) in [7, 11) is 0.872. The standard InChI is InChI=1S/C8H10NOP.ClH/c1-2-4-8(5-3-1)9-10-6-7-11-9;/h1-5,11H,6-7H2;1H. The minimum Gasteiger partial charge on any atom is -1.00 e. The molecule has 1 aliphatic heterocycles. The van der Waals surface area contributed by atoms with Crippen molar-refractivity contribution in [2.24, 2.45) is 0 Å². The van der Waals surface area contributed by atoms with Crippen LogP contribution in [0, 0.1) is 0 Å². The monoisotopic (exact) mass is 203 g/mol. The maximum atomic E-state index is 5.47. The Morgan fingerprint density at radius 3 is 2.58 bits per heavy atom. The van der Waals surface area contributed by atoms with Crippen molar-refractivity contribution in [3.8, 4) is 0 Å². The molecule has 1 aromatic carbocycles. The number of halogens is 1. The van der Waals surface area contributed by atoms with Crippen molar-refractivity contribution in [2.45, 2.75) is 0 Å². The van der Waals surface area contributed by atoms with Gasteiger partial charge >= 0.3 is 0 Å². The highest BCUT2D eigenvalue weighted by atomic mass is 35.5. The van der Waals surface area contributed by atoms with E-state index in [1.54, 1.807) is 0 Å². The van der Waals surface area contributed by atoms with E-state index in [0.717, 1.165) is 15.3 Å². The predicted molar refractivity (Wildman–Crippen MR) is 46.2 cm³/mol. The third kappa shape index (κ3) is 2.18. The fourth-order valence-corrected chi connectivity index (χ4v) is 2.15. The van der Waals surface area contributed by atoms with Gasteiger partial charge in [0.05, 0.1) is 0 Å². The van der Waals surface area contributed by atoms with Crippen LogP contribution in [0.1, 0.15) is 0 Å². The third-order valence-electron chi connectivity index (χ3n) is 1.67. The molecule has 1 fully saturated rings. The molecule has 66 valence electrons. The highest BCUT2D eigenvalue weighted by molar-refractivity contribution is 7.30. The molecule has 2 nitrogen and oxygen atoms in total. The van der Waals surface area contributed by atoms with Crippen LogP contribution in [-0.4, -0.2) is 12.8 Å². The first kappa shape index (κ1) is 9.94. The zero-order valence-corrected chi connectivity index (χ0v) is 8.34. The Kier molecular flexibility index (Phi) is 3.96. The number of hydrogen-bond donors (Lipinski definition) is 1. The molecule has 2 rings (SSSR count). The molecule has 1 aromatic rings. The Morgan fingerprint density at radius 1 is 1.25 bits per heavy atom. The van der Waals surface area contributed by atoms with Crippen molar-refractivity contribution < 1.29 is 22.1 Å². The molecule has 0 radical (unpaired) electrons. The van der Waals surface area contributed by atoms with E-state index in [-0.39, 0.29) is 12.4 Å². The third-order valence-corrected chi connectivity index (χ3v) is 2.88. The zero-order chi connectivity index (χ0) is 7.52. The molecular weight excluding hydrogens is 193 g/mol. The van der Waals surface area contributed by atoms with E-state index in [1.165, 1.54) is 16.7 Å². The van der Waals surface area contributed by atoms with Gasteiger partial charge in [-0.3, -0.25) is 0 Å². The summed E-state index contributed by atoms with van der Waals surface area (Å²) in [6.07, 6.45) is 1.20. The fourth-order valence-electron chi connectivity index (χ4n) is 1.14. The summed E-state index contributed by atoms with van der Waals surface area (Å²) in [5.74, 6) is 0. The van der Waals surface area contributed by atoms with Gasteiger partial charge < -0.3 is 12.4 Å². The zero-order valence-electron chi connectivity index (χ0n) is 6.59. The number of para-hydroxylation sites is 1. The molecule has 0 amide bonds. The summed E-state index contributed by atoms with van der Waals surface area (Å²) in [6, 6.07) is 10.3.